The van der Waals surface area contributed by atoms with E-state index in [1.165, 1.54) is 18.3 Å². The van der Waals surface area contributed by atoms with Gasteiger partial charge in [-0.1, -0.05) is 6.07 Å². The summed E-state index contributed by atoms with van der Waals surface area (Å²) in [6, 6.07) is -0.656. The Balaban J connectivity index is 2.11. The number of aromatic nitrogens is 4. The minimum absolute atomic E-state index is 0.0605. The van der Waals surface area contributed by atoms with Crippen LogP contribution >= 0.6 is 0 Å². The van der Waals surface area contributed by atoms with Crippen molar-refractivity contribution >= 4 is 12.0 Å². The minimum atomic E-state index is -4.65. The smallest absolute Gasteiger partial charge is 0.322 e. The van der Waals surface area contributed by atoms with Crippen molar-refractivity contribution in [1.29, 1.82) is 0 Å². The number of carbonyl (C=O) groups excluding carboxylic acids is 1. The fourth-order valence-electron chi connectivity index (χ4n) is 1.44. The molecule has 0 aromatic carbocycles. The molecule has 0 radical (unpaired) electrons. The van der Waals surface area contributed by atoms with E-state index in [0.717, 1.165) is 12.5 Å². The summed E-state index contributed by atoms with van der Waals surface area (Å²) in [5, 5.41) is 9.65. The van der Waals surface area contributed by atoms with Gasteiger partial charge in [-0.25, -0.2) is 9.89 Å². The summed E-state index contributed by atoms with van der Waals surface area (Å²) in [7, 11) is 0. The molecule has 20 heavy (non-hydrogen) atoms. The van der Waals surface area contributed by atoms with E-state index in [1.54, 1.807) is 0 Å². The van der Waals surface area contributed by atoms with Gasteiger partial charge in [-0.05, 0) is 6.07 Å². The van der Waals surface area contributed by atoms with E-state index in [0.29, 0.717) is 0 Å². The van der Waals surface area contributed by atoms with E-state index in [4.69, 9.17) is 0 Å². The van der Waals surface area contributed by atoms with Crippen LogP contribution in [0.25, 0.3) is 0 Å². The van der Waals surface area contributed by atoms with Gasteiger partial charge in [0, 0.05) is 18.0 Å². The third-order valence-electron chi connectivity index (χ3n) is 2.27. The predicted octanol–water partition coefficient (Wildman–Crippen LogP) is 1.62. The number of hydrogen-bond donors (Lipinski definition) is 3. The molecular formula is C10H9F3N6O. The lowest BCUT2D eigenvalue weighted by Crippen LogP contribution is -2.40. The lowest BCUT2D eigenvalue weighted by molar-refractivity contribution is -0.154. The number of nitrogens with zero attached hydrogens (tertiary/aromatic N) is 3. The summed E-state index contributed by atoms with van der Waals surface area (Å²) in [5.74, 6) is -0.0605. The van der Waals surface area contributed by atoms with Crippen molar-refractivity contribution in [1.82, 2.24) is 25.5 Å². The lowest BCUT2D eigenvalue weighted by atomic mass is 10.1. The van der Waals surface area contributed by atoms with Crippen LogP contribution in [0.15, 0.2) is 30.9 Å². The number of alkyl halides is 3. The Bertz CT molecular complexity index is 556. The third-order valence-corrected chi connectivity index (χ3v) is 2.27. The summed E-state index contributed by atoms with van der Waals surface area (Å²) in [6.45, 7) is 0. The molecule has 2 aromatic rings. The molecule has 0 spiro atoms. The zero-order valence-corrected chi connectivity index (χ0v) is 9.85. The molecule has 0 saturated heterocycles. The van der Waals surface area contributed by atoms with Crippen LogP contribution in [0.1, 0.15) is 11.6 Å². The minimum Gasteiger partial charge on any atom is -0.322 e. The summed E-state index contributed by atoms with van der Waals surface area (Å²) in [4.78, 5) is 18.7. The van der Waals surface area contributed by atoms with Crippen LogP contribution in [0.5, 0.6) is 0 Å². The van der Waals surface area contributed by atoms with Crippen molar-refractivity contribution in [2.45, 2.75) is 12.2 Å². The van der Waals surface area contributed by atoms with Crippen LogP contribution in [0, 0.1) is 0 Å². The van der Waals surface area contributed by atoms with Crippen molar-refractivity contribution in [2.75, 3.05) is 5.32 Å². The second-order valence-electron chi connectivity index (χ2n) is 3.69. The van der Waals surface area contributed by atoms with Crippen molar-refractivity contribution in [2.24, 2.45) is 0 Å². The highest BCUT2D eigenvalue weighted by Crippen LogP contribution is 2.32. The van der Waals surface area contributed by atoms with Crippen LogP contribution in [-0.2, 0) is 0 Å². The molecule has 2 rings (SSSR count). The highest BCUT2D eigenvalue weighted by atomic mass is 19.4. The molecule has 2 aromatic heterocycles. The van der Waals surface area contributed by atoms with E-state index >= 15 is 0 Å². The first-order valence-electron chi connectivity index (χ1n) is 5.36. The molecule has 3 N–H and O–H groups in total. The largest absolute Gasteiger partial charge is 0.412 e. The van der Waals surface area contributed by atoms with E-state index in [9.17, 15) is 18.0 Å². The molecule has 0 saturated carbocycles. The number of hydrogen-bond acceptors (Lipinski definition) is 4. The number of pyridine rings is 1. The molecule has 0 aliphatic heterocycles. The first-order chi connectivity index (χ1) is 9.47. The number of aromatic amines is 1. The first-order valence-corrected chi connectivity index (χ1v) is 5.36. The van der Waals surface area contributed by atoms with Gasteiger partial charge >= 0.3 is 12.2 Å². The number of rotatable bonds is 3. The van der Waals surface area contributed by atoms with Crippen molar-refractivity contribution < 1.29 is 18.0 Å². The Hall–Kier alpha value is -2.65. The molecule has 2 heterocycles. The zero-order valence-electron chi connectivity index (χ0n) is 9.85. The molecule has 1 atom stereocenters. The Morgan fingerprint density at radius 2 is 2.20 bits per heavy atom. The first kappa shape index (κ1) is 13.8. The zero-order chi connectivity index (χ0) is 14.6. The standard InChI is InChI=1S/C10H9F3N6O/c11-10(12,13)7(6-2-1-3-14-4-6)17-9(20)18-8-15-5-16-19-8/h1-5,7H,(H3,15,16,17,18,19,20)/t7-/m1/s1. The SMILES string of the molecule is O=C(Nc1ncn[nH]1)N[C@H](c1cccnc1)C(F)(F)F. The van der Waals surface area contributed by atoms with Gasteiger partial charge in [-0.15, -0.1) is 0 Å². The maximum Gasteiger partial charge on any atom is 0.412 e. The summed E-state index contributed by atoms with van der Waals surface area (Å²) >= 11 is 0. The van der Waals surface area contributed by atoms with Gasteiger partial charge in [0.05, 0.1) is 0 Å². The van der Waals surface area contributed by atoms with Gasteiger partial charge < -0.3 is 5.32 Å². The van der Waals surface area contributed by atoms with E-state index in [2.05, 4.69) is 25.5 Å². The maximum atomic E-state index is 12.9. The molecule has 10 heteroatoms. The topological polar surface area (TPSA) is 95.6 Å². The molecule has 0 aliphatic carbocycles. The highest BCUT2D eigenvalue weighted by Gasteiger charge is 2.42. The van der Waals surface area contributed by atoms with Gasteiger partial charge in [0.2, 0.25) is 5.95 Å². The fourth-order valence-corrected chi connectivity index (χ4v) is 1.44. The Kier molecular flexibility index (Phi) is 3.82. The normalized spacial score (nSPS) is 12.8. The van der Waals surface area contributed by atoms with Gasteiger partial charge in [0.15, 0.2) is 6.04 Å². The summed E-state index contributed by atoms with van der Waals surface area (Å²) in [6.07, 6.45) is -1.17. The number of anilines is 1. The Labute approximate surface area is 110 Å². The average molecular weight is 286 g/mol. The van der Waals surface area contributed by atoms with Gasteiger partial charge in [0.1, 0.15) is 6.33 Å². The Morgan fingerprint density at radius 1 is 1.40 bits per heavy atom. The maximum absolute atomic E-state index is 12.9. The van der Waals surface area contributed by atoms with E-state index in [1.807, 2.05) is 5.32 Å². The third kappa shape index (κ3) is 3.43. The molecule has 0 fully saturated rings. The second kappa shape index (κ2) is 5.55. The van der Waals surface area contributed by atoms with Gasteiger partial charge in [0.25, 0.3) is 0 Å². The number of urea groups is 1. The van der Waals surface area contributed by atoms with E-state index in [-0.39, 0.29) is 11.5 Å². The molecule has 0 unspecified atom stereocenters. The molecule has 7 nitrogen and oxygen atoms in total. The van der Waals surface area contributed by atoms with Crippen LogP contribution in [0.2, 0.25) is 0 Å². The summed E-state index contributed by atoms with van der Waals surface area (Å²) in [5.41, 5.74) is -0.173. The quantitative estimate of drug-likeness (QED) is 0.799. The lowest BCUT2D eigenvalue weighted by Gasteiger charge is -2.21. The molecule has 2 amide bonds. The average Bonchev–Trinajstić information content (AvgIpc) is 2.88. The van der Waals surface area contributed by atoms with E-state index < -0.39 is 18.2 Å². The van der Waals surface area contributed by atoms with Crippen molar-refractivity contribution in [3.8, 4) is 0 Å². The second-order valence-corrected chi connectivity index (χ2v) is 3.69. The monoisotopic (exact) mass is 286 g/mol. The number of nitrogens with one attached hydrogen (secondary N) is 3. The summed E-state index contributed by atoms with van der Waals surface area (Å²) < 4.78 is 38.8. The van der Waals surface area contributed by atoms with Crippen molar-refractivity contribution in [3.05, 3.63) is 36.4 Å². The molecule has 106 valence electrons. The molecule has 0 aliphatic rings. The van der Waals surface area contributed by atoms with Crippen LogP contribution < -0.4 is 10.6 Å². The fraction of sp³-hybridized carbons (Fsp3) is 0.200. The van der Waals surface area contributed by atoms with Crippen LogP contribution in [0.3, 0.4) is 0 Å². The number of halogens is 3. The van der Waals surface area contributed by atoms with Gasteiger partial charge in [-0.2, -0.15) is 23.3 Å². The highest BCUT2D eigenvalue weighted by molar-refractivity contribution is 5.87. The number of amides is 2. The molecular weight excluding hydrogens is 277 g/mol. The number of carbonyl (C=O) groups is 1. The predicted molar refractivity (Wildman–Crippen MR) is 61.6 cm³/mol. The number of H-pyrrole nitrogens is 1. The Morgan fingerprint density at radius 3 is 2.75 bits per heavy atom. The van der Waals surface area contributed by atoms with Gasteiger partial charge in [-0.3, -0.25) is 10.3 Å². The van der Waals surface area contributed by atoms with Crippen LogP contribution in [-0.4, -0.2) is 32.4 Å². The molecule has 0 bridgehead atoms. The van der Waals surface area contributed by atoms with Crippen LogP contribution in [0.4, 0.5) is 23.9 Å². The van der Waals surface area contributed by atoms with Crippen molar-refractivity contribution in [3.63, 3.8) is 0 Å².